The number of carbonyl (C=O) groups is 2. The van der Waals surface area contributed by atoms with E-state index in [9.17, 15) is 35.9 Å². The Bertz CT molecular complexity index is 1080. The first kappa shape index (κ1) is 23.9. The maximum Gasteiger partial charge on any atom is 0.434 e. The van der Waals surface area contributed by atoms with Crippen molar-refractivity contribution in [3.8, 4) is 0 Å². The van der Waals surface area contributed by atoms with Crippen LogP contribution in [0.5, 0.6) is 0 Å². The number of primary amides is 1. The monoisotopic (exact) mass is 501 g/mol. The first-order valence-corrected chi connectivity index (χ1v) is 9.28. The van der Waals surface area contributed by atoms with Crippen LogP contribution >= 0.6 is 23.2 Å². The highest BCUT2D eigenvalue weighted by Gasteiger charge is 2.42. The number of alkyl halides is 6. The summed E-state index contributed by atoms with van der Waals surface area (Å²) in [5, 5.41) is 0.650. The summed E-state index contributed by atoms with van der Waals surface area (Å²) in [6.07, 6.45) is -9.15. The van der Waals surface area contributed by atoms with Gasteiger partial charge in [-0.25, -0.2) is 14.8 Å². The summed E-state index contributed by atoms with van der Waals surface area (Å²) in [5.74, 6) is -0.928. The molecule has 7 nitrogen and oxygen atoms in total. The zero-order valence-corrected chi connectivity index (χ0v) is 16.9. The number of urea groups is 1. The highest BCUT2D eigenvalue weighted by Crippen LogP contribution is 2.39. The lowest BCUT2D eigenvalue weighted by atomic mass is 10.0. The highest BCUT2D eigenvalue weighted by molar-refractivity contribution is 6.31. The van der Waals surface area contributed by atoms with Gasteiger partial charge in [0.1, 0.15) is 12.1 Å². The molecule has 1 aliphatic heterocycles. The summed E-state index contributed by atoms with van der Waals surface area (Å²) in [5.41, 5.74) is 1.68. The predicted octanol–water partition coefficient (Wildman–Crippen LogP) is 3.79. The number of aromatic nitrogens is 2. The van der Waals surface area contributed by atoms with Gasteiger partial charge >= 0.3 is 18.4 Å². The zero-order chi connectivity index (χ0) is 24.0. The summed E-state index contributed by atoms with van der Waals surface area (Å²) >= 11 is 11.3. The molecule has 0 bridgehead atoms. The Morgan fingerprint density at radius 1 is 1.12 bits per heavy atom. The van der Waals surface area contributed by atoms with Crippen molar-refractivity contribution >= 4 is 35.1 Å². The van der Waals surface area contributed by atoms with Crippen molar-refractivity contribution < 1.29 is 35.9 Å². The smallest absolute Gasteiger partial charge is 0.368 e. The molecule has 3 amide bonds. The van der Waals surface area contributed by atoms with Gasteiger partial charge in [-0.15, -0.1) is 0 Å². The number of nitrogens with two attached hydrogens (primary N) is 1. The van der Waals surface area contributed by atoms with E-state index in [4.69, 9.17) is 28.9 Å². The molecule has 1 saturated heterocycles. The molecule has 2 aromatic rings. The zero-order valence-electron chi connectivity index (χ0n) is 15.4. The molecule has 0 aromatic carbocycles. The van der Waals surface area contributed by atoms with Gasteiger partial charge in [-0.3, -0.25) is 4.79 Å². The number of nitrogens with zero attached hydrogens (tertiary/aromatic N) is 3. The van der Waals surface area contributed by atoms with Crippen LogP contribution < -0.4 is 11.1 Å². The van der Waals surface area contributed by atoms with Crippen molar-refractivity contribution in [2.24, 2.45) is 5.73 Å². The molecular formula is C17H11Cl2F6N5O2. The number of carbonyl (C=O) groups excluding carboxylic acids is 2. The van der Waals surface area contributed by atoms with Gasteiger partial charge in [0.2, 0.25) is 5.91 Å². The highest BCUT2D eigenvalue weighted by atomic mass is 35.5. The second-order valence-corrected chi connectivity index (χ2v) is 7.43. The van der Waals surface area contributed by atoms with Crippen LogP contribution in [0.25, 0.3) is 0 Å². The fourth-order valence-electron chi connectivity index (χ4n) is 3.07. The molecule has 2 aromatic heterocycles. The second kappa shape index (κ2) is 8.28. The summed E-state index contributed by atoms with van der Waals surface area (Å²) in [7, 11) is 0. The van der Waals surface area contributed by atoms with Crippen LogP contribution in [0.15, 0.2) is 24.4 Å². The largest absolute Gasteiger partial charge is 0.434 e. The van der Waals surface area contributed by atoms with E-state index < -0.39 is 70.0 Å². The second-order valence-electron chi connectivity index (χ2n) is 6.62. The average Bonchev–Trinajstić information content (AvgIpc) is 3.03. The van der Waals surface area contributed by atoms with Crippen LogP contribution in [0.4, 0.5) is 31.1 Å². The van der Waals surface area contributed by atoms with Gasteiger partial charge in [0.25, 0.3) is 0 Å². The van der Waals surface area contributed by atoms with Gasteiger partial charge in [-0.1, -0.05) is 23.2 Å². The molecule has 3 N–H and O–H groups in total. The maximum absolute atomic E-state index is 13.3. The van der Waals surface area contributed by atoms with Crippen molar-refractivity contribution in [1.29, 1.82) is 0 Å². The summed E-state index contributed by atoms with van der Waals surface area (Å²) in [6, 6.07) is -0.879. The summed E-state index contributed by atoms with van der Waals surface area (Å²) in [4.78, 5) is 31.5. The molecule has 3 heterocycles. The third-order valence-corrected chi connectivity index (χ3v) is 5.05. The molecule has 0 spiro atoms. The molecular weight excluding hydrogens is 491 g/mol. The van der Waals surface area contributed by atoms with Gasteiger partial charge in [-0.2, -0.15) is 26.3 Å². The molecule has 15 heteroatoms. The number of rotatable bonds is 4. The molecule has 3 rings (SSSR count). The van der Waals surface area contributed by atoms with E-state index in [1.165, 1.54) is 0 Å². The minimum atomic E-state index is -4.96. The molecule has 172 valence electrons. The van der Waals surface area contributed by atoms with E-state index in [-0.39, 0.29) is 5.56 Å². The average molecular weight is 502 g/mol. The van der Waals surface area contributed by atoms with Crippen LogP contribution in [0.1, 0.15) is 28.7 Å². The topological polar surface area (TPSA) is 101 Å². The van der Waals surface area contributed by atoms with Crippen LogP contribution in [0, 0.1) is 0 Å². The normalized spacial score (nSPS) is 17.9. The molecule has 1 fully saturated rings. The standard InChI is InChI=1S/C17H11Cl2F6N5O2/c18-7-1-2-9(28-13(7)17(23,24)25)11(30-5-10(14(26)31)29-15(30)32)6-3-8(19)12(27-4-6)16(20,21)22/h1-4,10-11H,5H2,(H2,26,31)(H,29,32)/t10?,11-/m0/s1. The predicted molar refractivity (Wildman–Crippen MR) is 98.6 cm³/mol. The Labute approximate surface area is 185 Å². The number of amides is 3. The lowest BCUT2D eigenvalue weighted by Gasteiger charge is -2.28. The number of hydrogen-bond donors (Lipinski definition) is 2. The van der Waals surface area contributed by atoms with Crippen LogP contribution in [-0.4, -0.2) is 39.4 Å². The number of nitrogens with one attached hydrogen (secondary N) is 1. The Kier molecular flexibility index (Phi) is 6.17. The van der Waals surface area contributed by atoms with Gasteiger partial charge in [0.05, 0.1) is 22.3 Å². The molecule has 1 aliphatic rings. The molecule has 0 aliphatic carbocycles. The van der Waals surface area contributed by atoms with Crippen molar-refractivity contribution in [2.75, 3.05) is 6.54 Å². The fourth-order valence-corrected chi connectivity index (χ4v) is 3.56. The third kappa shape index (κ3) is 4.67. The number of pyridine rings is 2. The van der Waals surface area contributed by atoms with E-state index in [1.807, 2.05) is 0 Å². The van der Waals surface area contributed by atoms with Gasteiger partial charge in [0.15, 0.2) is 11.4 Å². The number of hydrogen-bond acceptors (Lipinski definition) is 4. The third-order valence-electron chi connectivity index (χ3n) is 4.46. The SMILES string of the molecule is NC(=O)C1CN([C@@H](c2cnc(C(F)(F)F)c(Cl)c2)c2ccc(Cl)c(C(F)(F)F)n2)C(=O)N1. The molecule has 2 atom stereocenters. The number of halogens is 8. The Hall–Kier alpha value is -2.80. The van der Waals surface area contributed by atoms with Crippen LogP contribution in [-0.2, 0) is 17.1 Å². The molecule has 0 radical (unpaired) electrons. The minimum Gasteiger partial charge on any atom is -0.368 e. The summed E-state index contributed by atoms with van der Waals surface area (Å²) in [6.45, 7) is -0.400. The van der Waals surface area contributed by atoms with Crippen LogP contribution in [0.3, 0.4) is 0 Å². The molecule has 1 unspecified atom stereocenters. The lowest BCUT2D eigenvalue weighted by Crippen LogP contribution is -2.39. The molecule has 0 saturated carbocycles. The van der Waals surface area contributed by atoms with Crippen molar-refractivity contribution in [3.05, 3.63) is 57.1 Å². The van der Waals surface area contributed by atoms with Gasteiger partial charge < -0.3 is 16.0 Å². The molecule has 32 heavy (non-hydrogen) atoms. The Morgan fingerprint density at radius 3 is 2.25 bits per heavy atom. The van der Waals surface area contributed by atoms with Gasteiger partial charge in [-0.05, 0) is 18.2 Å². The van der Waals surface area contributed by atoms with Crippen molar-refractivity contribution in [2.45, 2.75) is 24.4 Å². The first-order valence-electron chi connectivity index (χ1n) is 8.53. The van der Waals surface area contributed by atoms with Crippen molar-refractivity contribution in [1.82, 2.24) is 20.2 Å². The Balaban J connectivity index is 2.17. The van der Waals surface area contributed by atoms with E-state index in [0.29, 0.717) is 6.20 Å². The van der Waals surface area contributed by atoms with E-state index in [0.717, 1.165) is 23.1 Å². The lowest BCUT2D eigenvalue weighted by molar-refractivity contribution is -0.142. The summed E-state index contributed by atoms with van der Waals surface area (Å²) < 4.78 is 78.9. The quantitative estimate of drug-likeness (QED) is 0.622. The Morgan fingerprint density at radius 2 is 1.75 bits per heavy atom. The minimum absolute atomic E-state index is 0.189. The first-order chi connectivity index (χ1) is 14.7. The van der Waals surface area contributed by atoms with Crippen LogP contribution in [0.2, 0.25) is 10.0 Å². The maximum atomic E-state index is 13.3. The van der Waals surface area contributed by atoms with Crippen molar-refractivity contribution in [3.63, 3.8) is 0 Å². The van der Waals surface area contributed by atoms with E-state index in [1.54, 1.807) is 0 Å². The fraction of sp³-hybridized carbons (Fsp3) is 0.294. The van der Waals surface area contributed by atoms with E-state index >= 15 is 0 Å². The van der Waals surface area contributed by atoms with Gasteiger partial charge in [0, 0.05) is 11.8 Å². The van der Waals surface area contributed by atoms with E-state index in [2.05, 4.69) is 15.3 Å².